The molecular formula is C13H17N5O2S. The van der Waals surface area contributed by atoms with Gasteiger partial charge in [0.2, 0.25) is 17.0 Å². The van der Waals surface area contributed by atoms with Gasteiger partial charge in [-0.2, -0.15) is 4.98 Å². The summed E-state index contributed by atoms with van der Waals surface area (Å²) in [4.78, 5) is 16.2. The van der Waals surface area contributed by atoms with Gasteiger partial charge in [0.15, 0.2) is 0 Å². The van der Waals surface area contributed by atoms with Gasteiger partial charge in [0.1, 0.15) is 5.75 Å². The largest absolute Gasteiger partial charge is 0.495 e. The predicted octanol–water partition coefficient (Wildman–Crippen LogP) is 1.82. The summed E-state index contributed by atoms with van der Waals surface area (Å²) in [6, 6.07) is 5.60. The van der Waals surface area contributed by atoms with Gasteiger partial charge in [0, 0.05) is 0 Å². The minimum Gasteiger partial charge on any atom is -0.495 e. The molecule has 1 heterocycles. The number of nitrogens with one attached hydrogen (secondary N) is 2. The zero-order chi connectivity index (χ0) is 15.4. The van der Waals surface area contributed by atoms with E-state index < -0.39 is 0 Å². The van der Waals surface area contributed by atoms with E-state index in [2.05, 4.69) is 20.5 Å². The van der Waals surface area contributed by atoms with Crippen molar-refractivity contribution in [3.05, 3.63) is 23.8 Å². The Kier molecular flexibility index (Phi) is 4.69. The van der Waals surface area contributed by atoms with E-state index >= 15 is 0 Å². The summed E-state index contributed by atoms with van der Waals surface area (Å²) in [5.41, 5.74) is 7.13. The molecule has 0 aliphatic carbocycles. The van der Waals surface area contributed by atoms with Gasteiger partial charge in [0.05, 0.1) is 18.0 Å². The molecule has 112 valence electrons. The first-order chi connectivity index (χ1) is 9.99. The molecule has 1 amide bonds. The molecule has 0 saturated carbocycles. The fourth-order valence-corrected chi connectivity index (χ4v) is 2.41. The average molecular weight is 307 g/mol. The molecule has 21 heavy (non-hydrogen) atoms. The maximum Gasteiger partial charge on any atom is 0.237 e. The zero-order valence-electron chi connectivity index (χ0n) is 12.0. The average Bonchev–Trinajstić information content (AvgIpc) is 2.84. The highest BCUT2D eigenvalue weighted by Crippen LogP contribution is 2.27. The third-order valence-electron chi connectivity index (χ3n) is 2.75. The molecule has 0 fully saturated rings. The van der Waals surface area contributed by atoms with E-state index in [1.165, 1.54) is 11.8 Å². The first kappa shape index (κ1) is 15.2. The van der Waals surface area contributed by atoms with Crippen molar-refractivity contribution in [2.45, 2.75) is 24.3 Å². The Morgan fingerprint density at radius 3 is 2.90 bits per heavy atom. The quantitative estimate of drug-likeness (QED) is 0.728. The summed E-state index contributed by atoms with van der Waals surface area (Å²) in [5.74, 6) is 0.686. The van der Waals surface area contributed by atoms with Gasteiger partial charge in [0.25, 0.3) is 0 Å². The Balaban J connectivity index is 2.05. The van der Waals surface area contributed by atoms with Crippen molar-refractivity contribution < 1.29 is 9.53 Å². The minimum atomic E-state index is -0.370. The van der Waals surface area contributed by atoms with Gasteiger partial charge in [-0.15, -0.1) is 5.10 Å². The normalized spacial score (nSPS) is 12.0. The molecule has 7 nitrogen and oxygen atoms in total. The number of hydrogen-bond acceptors (Lipinski definition) is 6. The van der Waals surface area contributed by atoms with Crippen LogP contribution >= 0.6 is 11.8 Å². The number of nitrogen functional groups attached to an aromatic ring is 1. The molecular weight excluding hydrogens is 290 g/mol. The standard InChI is InChI=1S/C13H17N5O2S/c1-7-4-5-10(20-3)9(6-7)15-11(19)8(2)21-13-16-12(14)17-18-13/h4-6,8H,1-3H3,(H,15,19)(H3,14,16,17,18)/t8-/m0/s1. The number of carbonyl (C=O) groups excluding carboxylic acids is 1. The molecule has 0 radical (unpaired) electrons. The van der Waals surface area contributed by atoms with Gasteiger partial charge >= 0.3 is 0 Å². The molecule has 8 heteroatoms. The number of methoxy groups -OCH3 is 1. The lowest BCUT2D eigenvalue weighted by molar-refractivity contribution is -0.115. The van der Waals surface area contributed by atoms with Crippen LogP contribution < -0.4 is 15.8 Å². The summed E-state index contributed by atoms with van der Waals surface area (Å²) in [6.07, 6.45) is 0. The molecule has 2 rings (SSSR count). The van der Waals surface area contributed by atoms with Crippen molar-refractivity contribution in [2.24, 2.45) is 0 Å². The van der Waals surface area contributed by atoms with Crippen LogP contribution in [0, 0.1) is 6.92 Å². The number of H-pyrrole nitrogens is 1. The van der Waals surface area contributed by atoms with Gasteiger partial charge in [-0.05, 0) is 31.5 Å². The second kappa shape index (κ2) is 6.49. The molecule has 1 aromatic carbocycles. The Hall–Kier alpha value is -2.22. The van der Waals surface area contributed by atoms with E-state index in [0.29, 0.717) is 16.6 Å². The number of amides is 1. The Morgan fingerprint density at radius 1 is 1.52 bits per heavy atom. The number of aromatic amines is 1. The van der Waals surface area contributed by atoms with Crippen molar-refractivity contribution in [1.82, 2.24) is 15.2 Å². The third kappa shape index (κ3) is 3.88. The number of thioether (sulfide) groups is 1. The van der Waals surface area contributed by atoms with Crippen LogP contribution in [0.25, 0.3) is 0 Å². The number of benzene rings is 1. The number of anilines is 2. The lowest BCUT2D eigenvalue weighted by atomic mass is 10.2. The van der Waals surface area contributed by atoms with Crippen LogP contribution in [0.4, 0.5) is 11.6 Å². The smallest absolute Gasteiger partial charge is 0.237 e. The van der Waals surface area contributed by atoms with Crippen molar-refractivity contribution in [3.8, 4) is 5.75 Å². The predicted molar refractivity (Wildman–Crippen MR) is 82.5 cm³/mol. The zero-order valence-corrected chi connectivity index (χ0v) is 12.8. The molecule has 1 atom stereocenters. The number of aryl methyl sites for hydroxylation is 1. The maximum atomic E-state index is 12.2. The summed E-state index contributed by atoms with van der Waals surface area (Å²) < 4.78 is 5.23. The van der Waals surface area contributed by atoms with Gasteiger partial charge in [-0.1, -0.05) is 17.8 Å². The molecule has 0 aliphatic rings. The fraction of sp³-hybridized carbons (Fsp3) is 0.308. The van der Waals surface area contributed by atoms with Crippen molar-refractivity contribution in [3.63, 3.8) is 0 Å². The number of rotatable bonds is 5. The van der Waals surface area contributed by atoms with E-state index in [9.17, 15) is 4.79 Å². The summed E-state index contributed by atoms with van der Waals surface area (Å²) in [7, 11) is 1.56. The molecule has 0 spiro atoms. The minimum absolute atomic E-state index is 0.160. The highest BCUT2D eigenvalue weighted by molar-refractivity contribution is 8.00. The molecule has 2 aromatic rings. The van der Waals surface area contributed by atoms with Crippen LogP contribution in [0.5, 0.6) is 5.75 Å². The molecule has 1 aromatic heterocycles. The van der Waals surface area contributed by atoms with Crippen molar-refractivity contribution >= 4 is 29.3 Å². The van der Waals surface area contributed by atoms with E-state index in [1.807, 2.05) is 25.1 Å². The molecule has 0 unspecified atom stereocenters. The molecule has 4 N–H and O–H groups in total. The van der Waals surface area contributed by atoms with Crippen LogP contribution in [0.3, 0.4) is 0 Å². The molecule has 0 aliphatic heterocycles. The SMILES string of the molecule is COc1ccc(C)cc1NC(=O)[C@H](C)Sc1n[nH]c(N)n1. The number of nitrogens with two attached hydrogens (primary N) is 1. The number of carbonyl (C=O) groups is 1. The van der Waals surface area contributed by atoms with E-state index in [0.717, 1.165) is 5.56 Å². The third-order valence-corrected chi connectivity index (χ3v) is 3.71. The Morgan fingerprint density at radius 2 is 2.29 bits per heavy atom. The lowest BCUT2D eigenvalue weighted by Crippen LogP contribution is -2.22. The Bertz CT molecular complexity index is 643. The number of hydrogen-bond donors (Lipinski definition) is 3. The fourth-order valence-electron chi connectivity index (χ4n) is 1.68. The summed E-state index contributed by atoms with van der Waals surface area (Å²) in [5, 5.41) is 9.34. The van der Waals surface area contributed by atoms with Crippen LogP contribution in [0.15, 0.2) is 23.4 Å². The Labute approximate surface area is 126 Å². The van der Waals surface area contributed by atoms with Gasteiger partial charge < -0.3 is 15.8 Å². The van der Waals surface area contributed by atoms with Crippen LogP contribution in [-0.4, -0.2) is 33.4 Å². The van der Waals surface area contributed by atoms with E-state index in [-0.39, 0.29) is 17.1 Å². The van der Waals surface area contributed by atoms with E-state index in [4.69, 9.17) is 10.5 Å². The first-order valence-electron chi connectivity index (χ1n) is 6.29. The monoisotopic (exact) mass is 307 g/mol. The number of aromatic nitrogens is 3. The van der Waals surface area contributed by atoms with Crippen molar-refractivity contribution in [2.75, 3.05) is 18.2 Å². The highest BCUT2D eigenvalue weighted by atomic mass is 32.2. The second-order valence-corrected chi connectivity index (χ2v) is 5.76. The number of ether oxygens (including phenoxy) is 1. The highest BCUT2D eigenvalue weighted by Gasteiger charge is 2.18. The summed E-state index contributed by atoms with van der Waals surface area (Å²) >= 11 is 1.22. The lowest BCUT2D eigenvalue weighted by Gasteiger charge is -2.13. The number of nitrogens with zero attached hydrogens (tertiary/aromatic N) is 2. The van der Waals surface area contributed by atoms with Crippen molar-refractivity contribution in [1.29, 1.82) is 0 Å². The molecule has 0 saturated heterocycles. The maximum absolute atomic E-state index is 12.2. The topological polar surface area (TPSA) is 106 Å². The van der Waals surface area contributed by atoms with Gasteiger partial charge in [-0.25, -0.2) is 5.10 Å². The van der Waals surface area contributed by atoms with Crippen LogP contribution in [-0.2, 0) is 4.79 Å². The van der Waals surface area contributed by atoms with Gasteiger partial charge in [-0.3, -0.25) is 4.79 Å². The van der Waals surface area contributed by atoms with Crippen LogP contribution in [0.1, 0.15) is 12.5 Å². The second-order valence-electron chi connectivity index (χ2n) is 4.46. The van der Waals surface area contributed by atoms with E-state index in [1.54, 1.807) is 14.0 Å². The molecule has 0 bridgehead atoms. The van der Waals surface area contributed by atoms with Crippen LogP contribution in [0.2, 0.25) is 0 Å². The first-order valence-corrected chi connectivity index (χ1v) is 7.17. The summed E-state index contributed by atoms with van der Waals surface area (Å²) in [6.45, 7) is 3.72.